The lowest BCUT2D eigenvalue weighted by Crippen LogP contribution is -2.35. The highest BCUT2D eigenvalue weighted by Gasteiger charge is 2.13. The number of methoxy groups -OCH3 is 1. The normalized spacial score (nSPS) is 10.4. The second-order valence-electron chi connectivity index (χ2n) is 7.14. The second kappa shape index (κ2) is 13.8. The maximum Gasteiger partial charge on any atom is 0.315 e. The van der Waals surface area contributed by atoms with Gasteiger partial charge in [-0.3, -0.25) is 4.79 Å². The third-order valence-electron chi connectivity index (χ3n) is 4.58. The van der Waals surface area contributed by atoms with Gasteiger partial charge in [-0.1, -0.05) is 6.07 Å². The van der Waals surface area contributed by atoms with Crippen LogP contribution in [0.1, 0.15) is 41.4 Å². The van der Waals surface area contributed by atoms with Crippen LogP contribution in [0.5, 0.6) is 0 Å². The summed E-state index contributed by atoms with van der Waals surface area (Å²) in [6.45, 7) is 4.48. The average Bonchev–Trinajstić information content (AvgIpc) is 2.79. The number of hydrogen-bond donors (Lipinski definition) is 5. The Morgan fingerprint density at radius 2 is 1.91 bits per heavy atom. The number of anilines is 2. The number of unbranched alkanes of at least 4 members (excludes halogenated alkanes) is 1. The lowest BCUT2D eigenvalue weighted by atomic mass is 10.1. The number of nitrogens with two attached hydrogens (primary N) is 1. The van der Waals surface area contributed by atoms with Gasteiger partial charge in [-0.15, -0.1) is 0 Å². The van der Waals surface area contributed by atoms with Gasteiger partial charge in [0.1, 0.15) is 11.6 Å². The van der Waals surface area contributed by atoms with Gasteiger partial charge in [0, 0.05) is 45.2 Å². The van der Waals surface area contributed by atoms with E-state index >= 15 is 0 Å². The molecule has 3 amide bonds. The number of nitrogen functional groups attached to an aromatic ring is 1. The number of rotatable bonds is 13. The average molecular weight is 444 g/mol. The number of nitrogens with zero attached hydrogens (tertiary/aromatic N) is 2. The number of hydrogen-bond acceptors (Lipinski definition) is 7. The molecule has 0 fully saturated rings. The predicted octanol–water partition coefficient (Wildman–Crippen LogP) is 1.69. The first kappa shape index (κ1) is 24.9. The lowest BCUT2D eigenvalue weighted by molar-refractivity contribution is 0.0937. The molecule has 0 saturated heterocycles. The van der Waals surface area contributed by atoms with Crippen LogP contribution in [-0.4, -0.2) is 55.3 Å². The standard InChI is InChI=1S/C22H33N7O3/c1-3-24-20-18(21(30)25-12-13-32-2)9-8-17(29-20)6-4-5-11-26-22(31)28-15-16-7-10-19(23)27-14-16/h7-10,14H,3-6,11-13,15H2,1-2H3,(H2,23,27)(H,24,29)(H,25,30)(H2,26,28,31). The third-order valence-corrected chi connectivity index (χ3v) is 4.58. The zero-order valence-electron chi connectivity index (χ0n) is 18.7. The molecule has 0 aromatic carbocycles. The van der Waals surface area contributed by atoms with Crippen LogP contribution in [0.15, 0.2) is 30.5 Å². The first-order valence-electron chi connectivity index (χ1n) is 10.8. The van der Waals surface area contributed by atoms with Crippen LogP contribution >= 0.6 is 0 Å². The van der Waals surface area contributed by atoms with Crippen molar-refractivity contribution < 1.29 is 14.3 Å². The Labute approximate surface area is 188 Å². The molecule has 0 saturated carbocycles. The van der Waals surface area contributed by atoms with Crippen molar-refractivity contribution in [2.24, 2.45) is 0 Å². The summed E-state index contributed by atoms with van der Waals surface area (Å²) in [7, 11) is 1.59. The van der Waals surface area contributed by atoms with Gasteiger partial charge in [0.15, 0.2) is 0 Å². The minimum atomic E-state index is -0.224. The molecular formula is C22H33N7O3. The number of nitrogens with one attached hydrogen (secondary N) is 4. The van der Waals surface area contributed by atoms with Crippen LogP contribution in [0.4, 0.5) is 16.4 Å². The summed E-state index contributed by atoms with van der Waals surface area (Å²) >= 11 is 0. The van der Waals surface area contributed by atoms with Crippen LogP contribution in [-0.2, 0) is 17.7 Å². The highest BCUT2D eigenvalue weighted by atomic mass is 16.5. The molecule has 32 heavy (non-hydrogen) atoms. The molecular weight excluding hydrogens is 410 g/mol. The highest BCUT2D eigenvalue weighted by Crippen LogP contribution is 2.15. The number of urea groups is 1. The second-order valence-corrected chi connectivity index (χ2v) is 7.14. The zero-order chi connectivity index (χ0) is 23.2. The fraction of sp³-hybridized carbons (Fsp3) is 0.455. The Balaban J connectivity index is 1.72. The summed E-state index contributed by atoms with van der Waals surface area (Å²) in [5.41, 5.74) is 7.84. The van der Waals surface area contributed by atoms with Crippen molar-refractivity contribution in [3.63, 3.8) is 0 Å². The molecule has 10 nitrogen and oxygen atoms in total. The molecule has 174 valence electrons. The van der Waals surface area contributed by atoms with Crippen LogP contribution in [0.2, 0.25) is 0 Å². The fourth-order valence-electron chi connectivity index (χ4n) is 2.90. The quantitative estimate of drug-likeness (QED) is 0.296. The van der Waals surface area contributed by atoms with E-state index < -0.39 is 0 Å². The van der Waals surface area contributed by atoms with E-state index in [2.05, 4.69) is 31.2 Å². The summed E-state index contributed by atoms with van der Waals surface area (Å²) in [4.78, 5) is 32.8. The summed E-state index contributed by atoms with van der Waals surface area (Å²) in [5, 5.41) is 11.6. The Hall–Kier alpha value is -3.40. The highest BCUT2D eigenvalue weighted by molar-refractivity contribution is 5.98. The molecule has 0 unspecified atom stereocenters. The van der Waals surface area contributed by atoms with Crippen molar-refractivity contribution in [2.45, 2.75) is 32.7 Å². The van der Waals surface area contributed by atoms with E-state index in [-0.39, 0.29) is 11.9 Å². The molecule has 10 heteroatoms. The van der Waals surface area contributed by atoms with Gasteiger partial charge in [0.2, 0.25) is 0 Å². The third kappa shape index (κ3) is 8.76. The van der Waals surface area contributed by atoms with Crippen LogP contribution < -0.4 is 27.0 Å². The fourth-order valence-corrected chi connectivity index (χ4v) is 2.90. The van der Waals surface area contributed by atoms with Gasteiger partial charge in [0.25, 0.3) is 5.91 Å². The van der Waals surface area contributed by atoms with E-state index in [1.807, 2.05) is 19.1 Å². The number of carbonyl (C=O) groups is 2. The summed E-state index contributed by atoms with van der Waals surface area (Å²) in [5.74, 6) is 0.849. The van der Waals surface area contributed by atoms with Crippen molar-refractivity contribution >= 4 is 23.6 Å². The number of aromatic nitrogens is 2. The SMILES string of the molecule is CCNc1nc(CCCCNC(=O)NCc2ccc(N)nc2)ccc1C(=O)NCCOC. The largest absolute Gasteiger partial charge is 0.384 e. The Morgan fingerprint density at radius 3 is 2.62 bits per heavy atom. The minimum Gasteiger partial charge on any atom is -0.384 e. The van der Waals surface area contributed by atoms with E-state index in [4.69, 9.17) is 10.5 Å². The number of pyridine rings is 2. The van der Waals surface area contributed by atoms with Gasteiger partial charge in [-0.2, -0.15) is 0 Å². The maximum absolute atomic E-state index is 12.3. The molecule has 2 aromatic heterocycles. The van der Waals surface area contributed by atoms with E-state index in [0.717, 1.165) is 30.5 Å². The van der Waals surface area contributed by atoms with Gasteiger partial charge in [0.05, 0.1) is 12.2 Å². The topological polar surface area (TPSA) is 143 Å². The van der Waals surface area contributed by atoms with Crippen LogP contribution in [0.25, 0.3) is 0 Å². The van der Waals surface area contributed by atoms with Crippen LogP contribution in [0, 0.1) is 0 Å². The Morgan fingerprint density at radius 1 is 1.06 bits per heavy atom. The first-order valence-corrected chi connectivity index (χ1v) is 10.8. The maximum atomic E-state index is 12.3. The van der Waals surface area contributed by atoms with Gasteiger partial charge in [-0.05, 0) is 49.9 Å². The molecule has 0 aliphatic carbocycles. The van der Waals surface area contributed by atoms with Crippen molar-refractivity contribution in [3.05, 3.63) is 47.3 Å². The van der Waals surface area contributed by atoms with Gasteiger partial charge in [-0.25, -0.2) is 14.8 Å². The van der Waals surface area contributed by atoms with Crippen molar-refractivity contribution in [3.8, 4) is 0 Å². The molecule has 0 radical (unpaired) electrons. The Bertz CT molecular complexity index is 859. The van der Waals surface area contributed by atoms with Crippen molar-refractivity contribution in [1.82, 2.24) is 25.9 Å². The molecule has 0 bridgehead atoms. The van der Waals surface area contributed by atoms with E-state index in [0.29, 0.717) is 50.0 Å². The number of ether oxygens (including phenoxy) is 1. The molecule has 0 spiro atoms. The monoisotopic (exact) mass is 443 g/mol. The molecule has 0 aliphatic heterocycles. The predicted molar refractivity (Wildman–Crippen MR) is 124 cm³/mol. The first-order chi connectivity index (χ1) is 15.5. The summed E-state index contributed by atoms with van der Waals surface area (Å²) < 4.78 is 4.96. The summed E-state index contributed by atoms with van der Waals surface area (Å²) in [6, 6.07) is 6.96. The van der Waals surface area contributed by atoms with E-state index in [1.54, 1.807) is 25.4 Å². The van der Waals surface area contributed by atoms with Crippen molar-refractivity contribution in [2.75, 3.05) is 44.4 Å². The molecule has 6 N–H and O–H groups in total. The van der Waals surface area contributed by atoms with Gasteiger partial charge >= 0.3 is 6.03 Å². The Kier molecular flexibility index (Phi) is 10.7. The molecule has 2 aromatic rings. The molecule has 0 atom stereocenters. The smallest absolute Gasteiger partial charge is 0.315 e. The molecule has 2 rings (SSSR count). The summed E-state index contributed by atoms with van der Waals surface area (Å²) in [6.07, 6.45) is 4.07. The number of carbonyl (C=O) groups excluding carboxylic acids is 2. The minimum absolute atomic E-state index is 0.179. The number of amides is 3. The van der Waals surface area contributed by atoms with Crippen molar-refractivity contribution in [1.29, 1.82) is 0 Å². The zero-order valence-corrected chi connectivity index (χ0v) is 18.7. The molecule has 0 aliphatic rings. The molecule has 2 heterocycles. The van der Waals surface area contributed by atoms with Crippen LogP contribution in [0.3, 0.4) is 0 Å². The number of aryl methyl sites for hydroxylation is 1. The van der Waals surface area contributed by atoms with Gasteiger partial charge < -0.3 is 31.7 Å². The van der Waals surface area contributed by atoms with E-state index in [1.165, 1.54) is 0 Å². The van der Waals surface area contributed by atoms with E-state index in [9.17, 15) is 9.59 Å². The lowest BCUT2D eigenvalue weighted by Gasteiger charge is -2.12.